The lowest BCUT2D eigenvalue weighted by Crippen LogP contribution is -2.39. The number of hydrogen-bond acceptors (Lipinski definition) is 3. The van der Waals surface area contributed by atoms with Gasteiger partial charge in [0, 0.05) is 31.5 Å². The third kappa shape index (κ3) is 2.05. The minimum atomic E-state index is 0.204. The molecule has 2 atom stereocenters. The highest BCUT2D eigenvalue weighted by Crippen LogP contribution is 2.11. The van der Waals surface area contributed by atoms with E-state index >= 15 is 0 Å². The van der Waals surface area contributed by atoms with Crippen LogP contribution in [0.3, 0.4) is 0 Å². The second kappa shape index (κ2) is 4.58. The monoisotopic (exact) mass is 170 g/mol. The Morgan fingerprint density at radius 3 is 2.83 bits per heavy atom. The molecule has 2 N–H and O–H groups in total. The average molecular weight is 170 g/mol. The molecule has 0 amide bonds. The van der Waals surface area contributed by atoms with Crippen LogP contribution in [-0.2, 0) is 4.79 Å². The molecule has 0 aromatic rings. The number of carbonyl (C=O) groups is 1. The molecule has 1 rings (SSSR count). The lowest BCUT2D eigenvalue weighted by atomic mass is 9.97. The van der Waals surface area contributed by atoms with Gasteiger partial charge in [-0.15, -0.1) is 0 Å². The van der Waals surface area contributed by atoms with Gasteiger partial charge in [0.15, 0.2) is 0 Å². The van der Waals surface area contributed by atoms with Gasteiger partial charge in [-0.2, -0.15) is 0 Å². The third-order valence-electron chi connectivity index (χ3n) is 2.44. The summed E-state index contributed by atoms with van der Waals surface area (Å²) < 4.78 is 0. The van der Waals surface area contributed by atoms with Gasteiger partial charge in [0.25, 0.3) is 0 Å². The molecule has 1 aliphatic heterocycles. The number of rotatable bonds is 4. The largest absolute Gasteiger partial charge is 0.314 e. The van der Waals surface area contributed by atoms with Crippen LogP contribution in [0.15, 0.2) is 0 Å². The van der Waals surface area contributed by atoms with Crippen molar-refractivity contribution in [1.29, 1.82) is 0 Å². The second-order valence-corrected chi connectivity index (χ2v) is 3.25. The van der Waals surface area contributed by atoms with Crippen molar-refractivity contribution < 1.29 is 4.79 Å². The summed E-state index contributed by atoms with van der Waals surface area (Å²) in [6, 6.07) is 0.363. The number of Topliss-reactive ketones (excluding diaryl/α,β-unsaturated/α-hetero) is 1. The molecular formula is C9H18N2O. The molecule has 0 unspecified atom stereocenters. The molecule has 0 bridgehead atoms. The lowest BCUT2D eigenvalue weighted by molar-refractivity contribution is -0.122. The van der Waals surface area contributed by atoms with Crippen LogP contribution >= 0.6 is 0 Å². The van der Waals surface area contributed by atoms with Gasteiger partial charge in [0.1, 0.15) is 5.78 Å². The fourth-order valence-electron chi connectivity index (χ4n) is 1.76. The smallest absolute Gasteiger partial charge is 0.138 e. The Labute approximate surface area is 73.9 Å². The minimum absolute atomic E-state index is 0.204. The summed E-state index contributed by atoms with van der Waals surface area (Å²) in [4.78, 5) is 11.4. The van der Waals surface area contributed by atoms with Crippen LogP contribution in [0.25, 0.3) is 0 Å². The van der Waals surface area contributed by atoms with Crippen molar-refractivity contribution in [2.45, 2.75) is 26.3 Å². The van der Waals surface area contributed by atoms with E-state index in [0.717, 1.165) is 19.6 Å². The zero-order chi connectivity index (χ0) is 8.97. The van der Waals surface area contributed by atoms with Crippen molar-refractivity contribution in [2.75, 3.05) is 19.6 Å². The standard InChI is InChI=1S/C9H18N2O/c1-3-9(12)7-5-10-6-8(7)11-4-2/h7-8,10-11H,3-6H2,1-2H3/t7-,8-/m0/s1. The summed E-state index contributed by atoms with van der Waals surface area (Å²) in [6.07, 6.45) is 0.661. The zero-order valence-electron chi connectivity index (χ0n) is 7.89. The molecule has 0 saturated carbocycles. The number of ketones is 1. The molecule has 3 heteroatoms. The Morgan fingerprint density at radius 1 is 1.50 bits per heavy atom. The first-order chi connectivity index (χ1) is 5.79. The Kier molecular flexibility index (Phi) is 3.69. The molecule has 1 fully saturated rings. The number of carbonyl (C=O) groups excluding carboxylic acids is 1. The van der Waals surface area contributed by atoms with Crippen LogP contribution in [-0.4, -0.2) is 31.5 Å². The minimum Gasteiger partial charge on any atom is -0.314 e. The Bertz CT molecular complexity index is 159. The first-order valence-corrected chi connectivity index (χ1v) is 4.76. The van der Waals surface area contributed by atoms with Crippen LogP contribution in [0.5, 0.6) is 0 Å². The molecule has 1 aliphatic rings. The number of nitrogens with one attached hydrogen (secondary N) is 2. The Hall–Kier alpha value is -0.410. The quantitative estimate of drug-likeness (QED) is 0.631. The summed E-state index contributed by atoms with van der Waals surface area (Å²) in [5.41, 5.74) is 0. The van der Waals surface area contributed by atoms with Gasteiger partial charge in [-0.1, -0.05) is 13.8 Å². The fraction of sp³-hybridized carbons (Fsp3) is 0.889. The lowest BCUT2D eigenvalue weighted by Gasteiger charge is -2.16. The van der Waals surface area contributed by atoms with Gasteiger partial charge >= 0.3 is 0 Å². The highest BCUT2D eigenvalue weighted by molar-refractivity contribution is 5.82. The molecule has 12 heavy (non-hydrogen) atoms. The van der Waals surface area contributed by atoms with Gasteiger partial charge in [0.05, 0.1) is 0 Å². The highest BCUT2D eigenvalue weighted by Gasteiger charge is 2.30. The maximum atomic E-state index is 11.4. The molecule has 1 saturated heterocycles. The average Bonchev–Trinajstić information content (AvgIpc) is 2.52. The number of hydrogen-bond donors (Lipinski definition) is 2. The molecule has 70 valence electrons. The van der Waals surface area contributed by atoms with Gasteiger partial charge in [-0.05, 0) is 6.54 Å². The second-order valence-electron chi connectivity index (χ2n) is 3.25. The fourth-order valence-corrected chi connectivity index (χ4v) is 1.76. The maximum absolute atomic E-state index is 11.4. The van der Waals surface area contributed by atoms with Gasteiger partial charge in [-0.3, -0.25) is 4.79 Å². The van der Waals surface area contributed by atoms with E-state index in [0.29, 0.717) is 18.2 Å². The molecule has 0 aromatic heterocycles. The highest BCUT2D eigenvalue weighted by atomic mass is 16.1. The SMILES string of the molecule is CCN[C@H]1CNC[C@@H]1C(=O)CC. The van der Waals surface area contributed by atoms with Crippen LogP contribution in [0, 0.1) is 5.92 Å². The van der Waals surface area contributed by atoms with Crippen LogP contribution in [0.2, 0.25) is 0 Å². The van der Waals surface area contributed by atoms with Gasteiger partial charge < -0.3 is 10.6 Å². The molecule has 0 spiro atoms. The maximum Gasteiger partial charge on any atom is 0.138 e. The van der Waals surface area contributed by atoms with Crippen molar-refractivity contribution in [3.05, 3.63) is 0 Å². The molecule has 3 nitrogen and oxygen atoms in total. The zero-order valence-corrected chi connectivity index (χ0v) is 7.89. The van der Waals surface area contributed by atoms with Crippen molar-refractivity contribution in [1.82, 2.24) is 10.6 Å². The van der Waals surface area contributed by atoms with E-state index in [2.05, 4.69) is 17.6 Å². The van der Waals surface area contributed by atoms with Crippen LogP contribution < -0.4 is 10.6 Å². The predicted molar refractivity (Wildman–Crippen MR) is 49.1 cm³/mol. The predicted octanol–water partition coefficient (Wildman–Crippen LogP) is 0.163. The normalized spacial score (nSPS) is 29.2. The van der Waals surface area contributed by atoms with Crippen molar-refractivity contribution >= 4 is 5.78 Å². The molecule has 1 heterocycles. The molecule has 0 aromatic carbocycles. The van der Waals surface area contributed by atoms with Crippen molar-refractivity contribution in [3.8, 4) is 0 Å². The van der Waals surface area contributed by atoms with E-state index in [4.69, 9.17) is 0 Å². The van der Waals surface area contributed by atoms with E-state index < -0.39 is 0 Å². The first-order valence-electron chi connectivity index (χ1n) is 4.76. The van der Waals surface area contributed by atoms with Crippen molar-refractivity contribution in [2.24, 2.45) is 5.92 Å². The van der Waals surface area contributed by atoms with E-state index in [-0.39, 0.29) is 5.92 Å². The van der Waals surface area contributed by atoms with Crippen molar-refractivity contribution in [3.63, 3.8) is 0 Å². The summed E-state index contributed by atoms with van der Waals surface area (Å²) in [7, 11) is 0. The van der Waals surface area contributed by atoms with Crippen LogP contribution in [0.4, 0.5) is 0 Å². The van der Waals surface area contributed by atoms with Gasteiger partial charge in [0.2, 0.25) is 0 Å². The molecule has 0 radical (unpaired) electrons. The summed E-state index contributed by atoms with van der Waals surface area (Å²) >= 11 is 0. The number of likely N-dealkylation sites (N-methyl/N-ethyl adjacent to an activating group) is 1. The van der Waals surface area contributed by atoms with Gasteiger partial charge in [-0.25, -0.2) is 0 Å². The summed E-state index contributed by atoms with van der Waals surface area (Å²) in [5.74, 6) is 0.584. The molecular weight excluding hydrogens is 152 g/mol. The van der Waals surface area contributed by atoms with E-state index in [9.17, 15) is 4.79 Å². The molecule has 0 aliphatic carbocycles. The van der Waals surface area contributed by atoms with E-state index in [1.54, 1.807) is 0 Å². The Morgan fingerprint density at radius 2 is 2.25 bits per heavy atom. The van der Waals surface area contributed by atoms with Crippen LogP contribution in [0.1, 0.15) is 20.3 Å². The topological polar surface area (TPSA) is 41.1 Å². The van der Waals surface area contributed by atoms with E-state index in [1.807, 2.05) is 6.92 Å². The van der Waals surface area contributed by atoms with E-state index in [1.165, 1.54) is 0 Å². The first kappa shape index (κ1) is 9.68. The third-order valence-corrected chi connectivity index (χ3v) is 2.44. The summed E-state index contributed by atoms with van der Waals surface area (Å²) in [5, 5.41) is 6.57. The summed E-state index contributed by atoms with van der Waals surface area (Å²) in [6.45, 7) is 6.74. The Balaban J connectivity index is 2.45.